The first-order valence-corrected chi connectivity index (χ1v) is 3.72. The van der Waals surface area contributed by atoms with E-state index in [0.717, 1.165) is 0 Å². The fraction of sp³-hybridized carbons (Fsp3) is 0.143. The molecule has 1 nitrogen and oxygen atoms in total. The van der Waals surface area contributed by atoms with Crippen molar-refractivity contribution in [1.82, 2.24) is 0 Å². The van der Waals surface area contributed by atoms with Crippen molar-refractivity contribution in [1.29, 1.82) is 0 Å². The topological polar surface area (TPSA) is 23.1 Å². The van der Waals surface area contributed by atoms with Gasteiger partial charge in [-0.05, 0) is 0 Å². The van der Waals surface area contributed by atoms with Gasteiger partial charge in [-0.3, -0.25) is 0 Å². The van der Waals surface area contributed by atoms with E-state index in [1.807, 2.05) is 6.07 Å². The molecule has 0 spiro atoms. The van der Waals surface area contributed by atoms with Crippen molar-refractivity contribution in [3.8, 4) is 5.75 Å². The number of hydrogen-bond donors (Lipinski definition) is 0. The molecule has 0 bridgehead atoms. The second-order valence-corrected chi connectivity index (χ2v) is 2.22. The molecule has 0 radical (unpaired) electrons. The molecule has 0 aliphatic heterocycles. The van der Waals surface area contributed by atoms with Crippen LogP contribution in [0.2, 0.25) is 0 Å². The zero-order valence-electron chi connectivity index (χ0n) is 6.26. The van der Waals surface area contributed by atoms with Gasteiger partial charge in [-0.1, -0.05) is 30.3 Å². The number of benzene rings is 1. The molecule has 0 aliphatic rings. The molecule has 0 fully saturated rings. The Morgan fingerprint density at radius 1 is 1.09 bits per heavy atom. The van der Waals surface area contributed by atoms with Gasteiger partial charge >= 0.3 is 29.6 Å². The van der Waals surface area contributed by atoms with Gasteiger partial charge in [0.2, 0.25) is 0 Å². The van der Waals surface area contributed by atoms with Crippen LogP contribution < -0.4 is 34.7 Å². The molecule has 0 saturated carbocycles. The van der Waals surface area contributed by atoms with Gasteiger partial charge < -0.3 is 5.11 Å². The molecule has 0 saturated heterocycles. The van der Waals surface area contributed by atoms with Crippen LogP contribution >= 0.6 is 23.2 Å². The Labute approximate surface area is 98.6 Å². The molecule has 0 aromatic heterocycles. The summed E-state index contributed by atoms with van der Waals surface area (Å²) in [6.45, 7) is 0. The van der Waals surface area contributed by atoms with Gasteiger partial charge in [0.25, 0.3) is 0 Å². The summed E-state index contributed by atoms with van der Waals surface area (Å²) in [5.41, 5.74) is 0. The Bertz CT molecular complexity index is 158. The summed E-state index contributed by atoms with van der Waals surface area (Å²) in [7, 11) is 0. The van der Waals surface area contributed by atoms with E-state index >= 15 is 0 Å². The molecule has 56 valence electrons. The van der Waals surface area contributed by atoms with Crippen molar-refractivity contribution in [2.75, 3.05) is 5.34 Å². The molecule has 11 heavy (non-hydrogen) atoms. The third-order valence-electron chi connectivity index (χ3n) is 0.743. The van der Waals surface area contributed by atoms with Crippen LogP contribution in [0.4, 0.5) is 0 Å². The van der Waals surface area contributed by atoms with Crippen LogP contribution in [0.3, 0.4) is 0 Å². The molecular weight excluding hydrogens is 194 g/mol. The predicted octanol–water partition coefficient (Wildman–Crippen LogP) is -0.814. The van der Waals surface area contributed by atoms with E-state index < -0.39 is 0 Å². The van der Waals surface area contributed by atoms with Gasteiger partial charge in [-0.2, -0.15) is 0 Å². The summed E-state index contributed by atoms with van der Waals surface area (Å²) in [4.78, 5) is 0. The Hall–Kier alpha value is 0.600. The number of para-hydroxylation sites is 1. The van der Waals surface area contributed by atoms with E-state index in [-0.39, 0.29) is 40.6 Å². The zero-order valence-corrected chi connectivity index (χ0v) is 9.77. The monoisotopic (exact) mass is 200 g/mol. The molecule has 4 heteroatoms. The third-order valence-corrected chi connectivity index (χ3v) is 0.743. The molecule has 0 aliphatic carbocycles. The molecule has 0 heterocycles. The molecule has 0 atom stereocenters. The van der Waals surface area contributed by atoms with Crippen molar-refractivity contribution in [3.63, 3.8) is 0 Å². The first-order chi connectivity index (χ1) is 4.81. The quantitative estimate of drug-likeness (QED) is 0.397. The number of alkyl halides is 2. The fourth-order valence-electron chi connectivity index (χ4n) is 0.420. The minimum atomic E-state index is 0. The molecule has 0 N–H and O–H groups in total. The molecule has 1 aromatic carbocycles. The number of hydrogen-bond acceptors (Lipinski definition) is 1. The Morgan fingerprint density at radius 2 is 1.45 bits per heavy atom. The van der Waals surface area contributed by atoms with Gasteiger partial charge in [0, 0.05) is 0 Å². The van der Waals surface area contributed by atoms with E-state index in [4.69, 9.17) is 23.2 Å². The average molecular weight is 201 g/mol. The van der Waals surface area contributed by atoms with Gasteiger partial charge in [-0.25, -0.2) is 0 Å². The van der Waals surface area contributed by atoms with Gasteiger partial charge in [0.05, 0.1) is 5.34 Å². The van der Waals surface area contributed by atoms with Crippen LogP contribution in [0.1, 0.15) is 0 Å². The Balaban J connectivity index is 0. The van der Waals surface area contributed by atoms with Crippen LogP contribution in [0.5, 0.6) is 5.75 Å². The first-order valence-electron chi connectivity index (χ1n) is 2.65. The fourth-order valence-corrected chi connectivity index (χ4v) is 0.420. The normalized spacial score (nSPS) is 7.09. The molecule has 0 amide bonds. The Kier molecular flexibility index (Phi) is 13.6. The number of rotatable bonds is 0. The summed E-state index contributed by atoms with van der Waals surface area (Å²) in [6, 6.07) is 8.33. The summed E-state index contributed by atoms with van der Waals surface area (Å²) in [6.07, 6.45) is 0. The summed E-state index contributed by atoms with van der Waals surface area (Å²) >= 11 is 9.53. The summed E-state index contributed by atoms with van der Waals surface area (Å²) in [5.74, 6) is 0.0718. The van der Waals surface area contributed by atoms with Crippen LogP contribution in [-0.2, 0) is 0 Å². The molecular formula is C7H7Cl2NaO. The minimum Gasteiger partial charge on any atom is -0.872 e. The maximum absolute atomic E-state index is 10.3. The van der Waals surface area contributed by atoms with Gasteiger partial charge in [0.15, 0.2) is 0 Å². The largest absolute Gasteiger partial charge is 1.00 e. The van der Waals surface area contributed by atoms with Gasteiger partial charge in [-0.15, -0.1) is 29.0 Å². The van der Waals surface area contributed by atoms with Crippen molar-refractivity contribution < 1.29 is 34.7 Å². The smallest absolute Gasteiger partial charge is 0.872 e. The van der Waals surface area contributed by atoms with Crippen molar-refractivity contribution in [3.05, 3.63) is 30.3 Å². The molecule has 1 aromatic rings. The SMILES string of the molecule is ClCCl.[Na+].[O-]c1ccccc1. The summed E-state index contributed by atoms with van der Waals surface area (Å²) < 4.78 is 0. The number of halogens is 2. The van der Waals surface area contributed by atoms with Crippen molar-refractivity contribution >= 4 is 23.2 Å². The standard InChI is InChI=1S/C6H6O.CH2Cl2.Na/c7-6-4-2-1-3-5-6;2-1-3;/h1-5,7H;1H2;/q;;+1/p-1. The minimum absolute atomic E-state index is 0. The van der Waals surface area contributed by atoms with Crippen LogP contribution in [0.15, 0.2) is 30.3 Å². The van der Waals surface area contributed by atoms with Crippen molar-refractivity contribution in [2.45, 2.75) is 0 Å². The second-order valence-electron chi connectivity index (χ2n) is 1.41. The maximum Gasteiger partial charge on any atom is 1.00 e. The van der Waals surface area contributed by atoms with Crippen LogP contribution in [0, 0.1) is 0 Å². The first kappa shape index (κ1) is 14.1. The summed E-state index contributed by atoms with van der Waals surface area (Å²) in [5, 5.41) is 10.5. The molecule has 0 unspecified atom stereocenters. The zero-order chi connectivity index (χ0) is 7.82. The van der Waals surface area contributed by atoms with E-state index in [9.17, 15) is 5.11 Å². The van der Waals surface area contributed by atoms with E-state index in [2.05, 4.69) is 0 Å². The van der Waals surface area contributed by atoms with E-state index in [1.165, 1.54) is 12.1 Å². The average Bonchev–Trinajstić information content (AvgIpc) is 1.91. The maximum atomic E-state index is 10.3. The molecule has 1 rings (SSSR count). The van der Waals surface area contributed by atoms with Crippen LogP contribution in [0.25, 0.3) is 0 Å². The van der Waals surface area contributed by atoms with E-state index in [0.29, 0.717) is 0 Å². The van der Waals surface area contributed by atoms with E-state index in [1.54, 1.807) is 12.1 Å². The van der Waals surface area contributed by atoms with Crippen molar-refractivity contribution in [2.24, 2.45) is 0 Å². The van der Waals surface area contributed by atoms with Gasteiger partial charge in [0.1, 0.15) is 0 Å². The predicted molar refractivity (Wildman–Crippen MR) is 42.5 cm³/mol. The van der Waals surface area contributed by atoms with Crippen LogP contribution in [-0.4, -0.2) is 5.34 Å². The Morgan fingerprint density at radius 3 is 1.64 bits per heavy atom. The second kappa shape index (κ2) is 10.6. The third kappa shape index (κ3) is 10.6.